The van der Waals surface area contributed by atoms with Gasteiger partial charge in [0.15, 0.2) is 23.4 Å². The number of nitrogens with zero attached hydrogens (tertiary/aromatic N) is 3. The number of carbonyl (C=O) groups excluding carboxylic acids is 1. The highest BCUT2D eigenvalue weighted by Gasteiger charge is 2.21. The summed E-state index contributed by atoms with van der Waals surface area (Å²) < 4.78 is 17.4. The highest BCUT2D eigenvalue weighted by Crippen LogP contribution is 2.37. The van der Waals surface area contributed by atoms with Gasteiger partial charge in [0.25, 0.3) is 5.56 Å². The Balaban J connectivity index is 1.75. The number of hydrogen-bond acceptors (Lipinski definition) is 7. The first-order valence-electron chi connectivity index (χ1n) is 11.2. The average Bonchev–Trinajstić information content (AvgIpc) is 2.89. The van der Waals surface area contributed by atoms with Crippen molar-refractivity contribution in [3.63, 3.8) is 0 Å². The quantitative estimate of drug-likeness (QED) is 0.249. The molecule has 36 heavy (non-hydrogen) atoms. The zero-order valence-electron chi connectivity index (χ0n) is 20.0. The molecular formula is C27H24ClN3O5. The van der Waals surface area contributed by atoms with E-state index in [1.165, 1.54) is 18.0 Å². The summed E-state index contributed by atoms with van der Waals surface area (Å²) >= 11 is 6.46. The van der Waals surface area contributed by atoms with Gasteiger partial charge in [-0.15, -0.1) is 0 Å². The van der Waals surface area contributed by atoms with E-state index in [1.807, 2.05) is 36.4 Å². The number of para-hydroxylation sites is 1. The Morgan fingerprint density at radius 2 is 1.86 bits per heavy atom. The largest absolute Gasteiger partial charge is 0.493 e. The highest BCUT2D eigenvalue weighted by atomic mass is 35.5. The number of carbonyl (C=O) groups is 1. The van der Waals surface area contributed by atoms with Crippen LogP contribution in [0.5, 0.6) is 11.5 Å². The second kappa shape index (κ2) is 11.0. The molecule has 0 aliphatic heterocycles. The minimum Gasteiger partial charge on any atom is -0.493 e. The first-order valence-corrected chi connectivity index (χ1v) is 11.6. The van der Waals surface area contributed by atoms with Crippen LogP contribution in [0, 0.1) is 0 Å². The van der Waals surface area contributed by atoms with E-state index in [2.05, 4.69) is 10.1 Å². The molecule has 0 amide bonds. The maximum Gasteiger partial charge on any atom is 0.347 e. The Kier molecular flexibility index (Phi) is 7.65. The normalized spacial score (nSPS) is 12.0. The van der Waals surface area contributed by atoms with E-state index < -0.39 is 12.1 Å². The molecule has 0 radical (unpaired) electrons. The molecule has 0 spiro atoms. The molecule has 0 saturated heterocycles. The summed E-state index contributed by atoms with van der Waals surface area (Å²) in [6.07, 6.45) is 0.601. The van der Waals surface area contributed by atoms with Gasteiger partial charge in [0.05, 0.1) is 35.9 Å². The van der Waals surface area contributed by atoms with Gasteiger partial charge >= 0.3 is 5.97 Å². The molecule has 1 aromatic heterocycles. The van der Waals surface area contributed by atoms with Gasteiger partial charge in [-0.2, -0.15) is 9.78 Å². The predicted octanol–water partition coefficient (Wildman–Crippen LogP) is 4.94. The lowest BCUT2D eigenvalue weighted by atomic mass is 10.2. The van der Waals surface area contributed by atoms with Gasteiger partial charge in [-0.05, 0) is 43.7 Å². The number of hydrogen-bond donors (Lipinski definition) is 0. The molecule has 8 nitrogen and oxygen atoms in total. The lowest BCUT2D eigenvalue weighted by Gasteiger charge is -2.17. The van der Waals surface area contributed by atoms with Crippen LogP contribution in [0.25, 0.3) is 22.3 Å². The summed E-state index contributed by atoms with van der Waals surface area (Å²) in [7, 11) is 1.46. The predicted molar refractivity (Wildman–Crippen MR) is 139 cm³/mol. The SMILES string of the molecule is CCOC(=O)[C@@H](C)Oc1c(Cl)cc(C=Nn2c(-c3ccccc3)nc3ccccc3c2=O)cc1OC. The second-order valence-electron chi connectivity index (χ2n) is 7.73. The van der Waals surface area contributed by atoms with Crippen molar-refractivity contribution in [2.75, 3.05) is 13.7 Å². The van der Waals surface area contributed by atoms with Gasteiger partial charge in [0, 0.05) is 5.56 Å². The smallest absolute Gasteiger partial charge is 0.347 e. The van der Waals surface area contributed by atoms with Gasteiger partial charge in [0.2, 0.25) is 0 Å². The monoisotopic (exact) mass is 505 g/mol. The van der Waals surface area contributed by atoms with Gasteiger partial charge in [0.1, 0.15) is 0 Å². The Bertz CT molecular complexity index is 1480. The van der Waals surface area contributed by atoms with Gasteiger partial charge in [-0.1, -0.05) is 54.1 Å². The summed E-state index contributed by atoms with van der Waals surface area (Å²) in [4.78, 5) is 30.0. The van der Waals surface area contributed by atoms with E-state index in [0.29, 0.717) is 28.0 Å². The van der Waals surface area contributed by atoms with Crippen molar-refractivity contribution in [1.82, 2.24) is 9.66 Å². The van der Waals surface area contributed by atoms with Crippen LogP contribution >= 0.6 is 11.6 Å². The van der Waals surface area contributed by atoms with Gasteiger partial charge in [-0.3, -0.25) is 4.79 Å². The lowest BCUT2D eigenvalue weighted by molar-refractivity contribution is -0.150. The summed E-state index contributed by atoms with van der Waals surface area (Å²) in [5.74, 6) is 0.383. The van der Waals surface area contributed by atoms with Crippen molar-refractivity contribution in [2.45, 2.75) is 20.0 Å². The van der Waals surface area contributed by atoms with Crippen molar-refractivity contribution in [3.05, 3.63) is 87.7 Å². The molecule has 0 N–H and O–H groups in total. The molecule has 0 aliphatic rings. The fourth-order valence-electron chi connectivity index (χ4n) is 3.54. The number of esters is 1. The van der Waals surface area contributed by atoms with E-state index in [9.17, 15) is 9.59 Å². The first kappa shape index (κ1) is 24.9. The van der Waals surface area contributed by atoms with Crippen LogP contribution in [0.15, 0.2) is 76.6 Å². The van der Waals surface area contributed by atoms with Crippen molar-refractivity contribution in [3.8, 4) is 22.9 Å². The first-order chi connectivity index (χ1) is 17.4. The van der Waals surface area contributed by atoms with Crippen LogP contribution in [-0.2, 0) is 9.53 Å². The topological polar surface area (TPSA) is 92.0 Å². The van der Waals surface area contributed by atoms with Crippen molar-refractivity contribution in [2.24, 2.45) is 5.10 Å². The fraction of sp³-hybridized carbons (Fsp3) is 0.185. The Morgan fingerprint density at radius 1 is 1.14 bits per heavy atom. The Morgan fingerprint density at radius 3 is 2.58 bits per heavy atom. The standard InChI is InChI=1S/C27H24ClN3O5/c1-4-35-27(33)17(2)36-24-21(28)14-18(15-23(24)34-3)16-29-31-25(19-10-6-5-7-11-19)30-22-13-9-8-12-20(22)26(31)32/h5-17H,4H2,1-3H3/t17-/m1/s1. The lowest BCUT2D eigenvalue weighted by Crippen LogP contribution is -2.26. The third-order valence-electron chi connectivity index (χ3n) is 5.27. The molecule has 4 aromatic rings. The maximum absolute atomic E-state index is 13.3. The average molecular weight is 506 g/mol. The summed E-state index contributed by atoms with van der Waals surface area (Å²) in [6.45, 7) is 3.51. The zero-order valence-corrected chi connectivity index (χ0v) is 20.7. The molecule has 9 heteroatoms. The van der Waals surface area contributed by atoms with Crippen molar-refractivity contribution < 1.29 is 19.0 Å². The molecule has 1 atom stereocenters. The fourth-order valence-corrected chi connectivity index (χ4v) is 3.81. The number of fused-ring (bicyclic) bond motifs is 1. The van der Waals surface area contributed by atoms with Crippen LogP contribution in [0.3, 0.4) is 0 Å². The molecule has 0 saturated carbocycles. The van der Waals surface area contributed by atoms with Crippen LogP contribution < -0.4 is 15.0 Å². The zero-order chi connectivity index (χ0) is 25.7. The van der Waals surface area contributed by atoms with Gasteiger partial charge < -0.3 is 14.2 Å². The van der Waals surface area contributed by atoms with Crippen LogP contribution in [-0.4, -0.2) is 41.7 Å². The highest BCUT2D eigenvalue weighted by molar-refractivity contribution is 6.32. The molecular weight excluding hydrogens is 482 g/mol. The molecule has 3 aromatic carbocycles. The number of aromatic nitrogens is 2. The van der Waals surface area contributed by atoms with Crippen LogP contribution in [0.1, 0.15) is 19.4 Å². The molecule has 0 unspecified atom stereocenters. The van der Waals surface area contributed by atoms with Gasteiger partial charge in [-0.25, -0.2) is 9.78 Å². The molecule has 0 fully saturated rings. The van der Waals surface area contributed by atoms with Crippen molar-refractivity contribution >= 4 is 34.7 Å². The summed E-state index contributed by atoms with van der Waals surface area (Å²) in [6, 6.07) is 19.7. The molecule has 1 heterocycles. The van der Waals surface area contributed by atoms with E-state index in [0.717, 1.165) is 5.56 Å². The molecule has 0 bridgehead atoms. The summed E-state index contributed by atoms with van der Waals surface area (Å²) in [5.41, 5.74) is 1.56. The number of methoxy groups -OCH3 is 1. The van der Waals surface area contributed by atoms with E-state index >= 15 is 0 Å². The molecule has 184 valence electrons. The van der Waals surface area contributed by atoms with Crippen LogP contribution in [0.2, 0.25) is 5.02 Å². The summed E-state index contributed by atoms with van der Waals surface area (Å²) in [5, 5.41) is 5.10. The number of halogens is 1. The number of ether oxygens (including phenoxy) is 3. The molecule has 4 rings (SSSR count). The third-order valence-corrected chi connectivity index (χ3v) is 5.55. The Hall–Kier alpha value is -4.17. The van der Waals surface area contributed by atoms with E-state index in [1.54, 1.807) is 44.2 Å². The van der Waals surface area contributed by atoms with Crippen molar-refractivity contribution in [1.29, 1.82) is 0 Å². The minimum absolute atomic E-state index is 0.200. The Labute approximate surface area is 212 Å². The van der Waals surface area contributed by atoms with E-state index in [-0.39, 0.29) is 22.9 Å². The van der Waals surface area contributed by atoms with Crippen LogP contribution in [0.4, 0.5) is 0 Å². The number of benzene rings is 3. The second-order valence-corrected chi connectivity index (χ2v) is 8.13. The number of rotatable bonds is 8. The third kappa shape index (κ3) is 5.23. The minimum atomic E-state index is -0.883. The molecule has 0 aliphatic carbocycles. The maximum atomic E-state index is 13.3. The van der Waals surface area contributed by atoms with E-state index in [4.69, 9.17) is 25.8 Å².